The minimum Gasteiger partial charge on any atom is -0.480 e. The van der Waals surface area contributed by atoms with Crippen molar-refractivity contribution >= 4 is 11.9 Å². The van der Waals surface area contributed by atoms with Crippen molar-refractivity contribution < 1.29 is 14.7 Å². The van der Waals surface area contributed by atoms with Crippen LogP contribution in [0.15, 0.2) is 24.3 Å². The van der Waals surface area contributed by atoms with Crippen LogP contribution < -0.4 is 11.5 Å². The van der Waals surface area contributed by atoms with Gasteiger partial charge >= 0.3 is 5.97 Å². The number of aryl methyl sites for hydroxylation is 1. The summed E-state index contributed by atoms with van der Waals surface area (Å²) in [6.07, 6.45) is 0. The molecule has 15 heavy (non-hydrogen) atoms. The molecule has 0 unspecified atom stereocenters. The third-order valence-corrected chi connectivity index (χ3v) is 1.48. The van der Waals surface area contributed by atoms with Crippen molar-refractivity contribution in [3.05, 3.63) is 35.4 Å². The summed E-state index contributed by atoms with van der Waals surface area (Å²) in [5.74, 6) is -1.34. The van der Waals surface area contributed by atoms with E-state index in [0.717, 1.165) is 5.56 Å². The molecular formula is C10H14N2O3. The predicted octanol–water partition coefficient (Wildman–Crippen LogP) is 0.124. The van der Waals surface area contributed by atoms with E-state index >= 15 is 0 Å². The number of carbonyl (C=O) groups excluding carboxylic acids is 1. The molecule has 82 valence electrons. The molecule has 0 aromatic heterocycles. The molecular weight excluding hydrogens is 196 g/mol. The molecule has 0 bridgehead atoms. The Morgan fingerprint density at radius 1 is 1.40 bits per heavy atom. The van der Waals surface area contributed by atoms with Crippen LogP contribution in [0.25, 0.3) is 0 Å². The van der Waals surface area contributed by atoms with Crippen LogP contribution in [0.5, 0.6) is 0 Å². The van der Waals surface area contributed by atoms with Gasteiger partial charge in [0.2, 0.25) is 5.91 Å². The number of primary amides is 1. The lowest BCUT2D eigenvalue weighted by Gasteiger charge is -1.94. The molecule has 5 heteroatoms. The summed E-state index contributed by atoms with van der Waals surface area (Å²) in [5, 5.41) is 7.60. The summed E-state index contributed by atoms with van der Waals surface area (Å²) in [5.41, 5.74) is 11.2. The maximum absolute atomic E-state index is 10.6. The first-order chi connectivity index (χ1) is 6.97. The lowest BCUT2D eigenvalue weighted by Crippen LogP contribution is -2.10. The molecule has 1 aromatic rings. The normalized spacial score (nSPS) is 8.67. The van der Waals surface area contributed by atoms with E-state index in [9.17, 15) is 9.59 Å². The van der Waals surface area contributed by atoms with Gasteiger partial charge in [-0.2, -0.15) is 0 Å². The molecule has 0 radical (unpaired) electrons. The largest absolute Gasteiger partial charge is 0.480 e. The number of hydrogen-bond donors (Lipinski definition) is 3. The van der Waals surface area contributed by atoms with Crippen LogP contribution >= 0.6 is 0 Å². The minimum atomic E-state index is -0.968. The van der Waals surface area contributed by atoms with Crippen LogP contribution in [-0.4, -0.2) is 23.5 Å². The van der Waals surface area contributed by atoms with E-state index in [1.54, 1.807) is 12.1 Å². The zero-order chi connectivity index (χ0) is 11.8. The van der Waals surface area contributed by atoms with Gasteiger partial charge in [0.25, 0.3) is 0 Å². The van der Waals surface area contributed by atoms with Gasteiger partial charge in [0, 0.05) is 5.56 Å². The number of rotatable bonds is 2. The molecule has 0 saturated heterocycles. The average Bonchev–Trinajstić information content (AvgIpc) is 2.18. The molecule has 0 heterocycles. The fourth-order valence-electron chi connectivity index (χ4n) is 0.798. The van der Waals surface area contributed by atoms with E-state index in [0.29, 0.717) is 5.56 Å². The molecule has 0 spiro atoms. The first-order valence-corrected chi connectivity index (χ1v) is 4.25. The highest BCUT2D eigenvalue weighted by molar-refractivity contribution is 5.92. The van der Waals surface area contributed by atoms with E-state index in [-0.39, 0.29) is 12.5 Å². The van der Waals surface area contributed by atoms with Gasteiger partial charge in [-0.25, -0.2) is 0 Å². The van der Waals surface area contributed by atoms with Crippen molar-refractivity contribution in [2.45, 2.75) is 6.92 Å². The van der Waals surface area contributed by atoms with E-state index in [2.05, 4.69) is 5.73 Å². The third-order valence-electron chi connectivity index (χ3n) is 1.48. The second-order valence-corrected chi connectivity index (χ2v) is 2.83. The van der Waals surface area contributed by atoms with Crippen molar-refractivity contribution in [3.8, 4) is 0 Å². The second kappa shape index (κ2) is 6.56. The first kappa shape index (κ1) is 13.1. The predicted molar refractivity (Wildman–Crippen MR) is 56.4 cm³/mol. The van der Waals surface area contributed by atoms with Crippen LogP contribution in [0, 0.1) is 6.92 Å². The lowest BCUT2D eigenvalue weighted by atomic mass is 10.1. The number of carboxylic acids is 1. The molecule has 0 fully saturated rings. The lowest BCUT2D eigenvalue weighted by molar-refractivity contribution is -0.135. The Hall–Kier alpha value is -1.88. The standard InChI is InChI=1S/C8H9NO.C2H5NO2/c1-6-3-2-4-7(5-6)8(9)10;3-1-2(4)5/h2-5H,1H3,(H2,9,10);1,3H2,(H,4,5). The average molecular weight is 210 g/mol. The van der Waals surface area contributed by atoms with Gasteiger partial charge < -0.3 is 16.6 Å². The summed E-state index contributed by atoms with van der Waals surface area (Å²) < 4.78 is 0. The van der Waals surface area contributed by atoms with E-state index < -0.39 is 5.97 Å². The summed E-state index contributed by atoms with van der Waals surface area (Å²) in [6.45, 7) is 1.65. The highest BCUT2D eigenvalue weighted by Crippen LogP contribution is 2.01. The number of hydrogen-bond acceptors (Lipinski definition) is 3. The molecule has 1 rings (SSSR count). The minimum absolute atomic E-state index is 0.278. The SMILES string of the molecule is Cc1cccc(C(N)=O)c1.NCC(=O)O. The van der Waals surface area contributed by atoms with Gasteiger partial charge in [0.1, 0.15) is 0 Å². The Morgan fingerprint density at radius 3 is 2.20 bits per heavy atom. The zero-order valence-corrected chi connectivity index (χ0v) is 8.43. The fourth-order valence-corrected chi connectivity index (χ4v) is 0.798. The van der Waals surface area contributed by atoms with Gasteiger partial charge in [-0.15, -0.1) is 0 Å². The van der Waals surface area contributed by atoms with Crippen molar-refractivity contribution in [2.24, 2.45) is 11.5 Å². The number of benzene rings is 1. The van der Waals surface area contributed by atoms with Gasteiger partial charge in [0.05, 0.1) is 6.54 Å². The number of carbonyl (C=O) groups is 2. The Balaban J connectivity index is 0.000000336. The van der Waals surface area contributed by atoms with Gasteiger partial charge in [0.15, 0.2) is 0 Å². The smallest absolute Gasteiger partial charge is 0.317 e. The molecule has 0 aliphatic heterocycles. The van der Waals surface area contributed by atoms with Crippen LogP contribution in [0.3, 0.4) is 0 Å². The molecule has 0 aliphatic rings. The summed E-state index contributed by atoms with van der Waals surface area (Å²) in [4.78, 5) is 19.8. The molecule has 5 N–H and O–H groups in total. The molecule has 1 aromatic carbocycles. The number of amides is 1. The summed E-state index contributed by atoms with van der Waals surface area (Å²) >= 11 is 0. The van der Waals surface area contributed by atoms with Crippen molar-refractivity contribution in [1.29, 1.82) is 0 Å². The number of nitrogens with two attached hydrogens (primary N) is 2. The second-order valence-electron chi connectivity index (χ2n) is 2.83. The molecule has 1 amide bonds. The maximum atomic E-state index is 10.6. The van der Waals surface area contributed by atoms with Gasteiger partial charge in [-0.3, -0.25) is 9.59 Å². The molecule has 0 saturated carbocycles. The summed E-state index contributed by atoms with van der Waals surface area (Å²) in [6, 6.07) is 7.21. The van der Waals surface area contributed by atoms with Gasteiger partial charge in [-0.1, -0.05) is 17.7 Å². The third kappa shape index (κ3) is 6.23. The summed E-state index contributed by atoms with van der Waals surface area (Å²) in [7, 11) is 0. The zero-order valence-electron chi connectivity index (χ0n) is 8.43. The molecule has 5 nitrogen and oxygen atoms in total. The van der Waals surface area contributed by atoms with E-state index in [1.165, 1.54) is 0 Å². The first-order valence-electron chi connectivity index (χ1n) is 4.25. The van der Waals surface area contributed by atoms with Crippen LogP contribution in [0.4, 0.5) is 0 Å². The van der Waals surface area contributed by atoms with Gasteiger partial charge in [-0.05, 0) is 19.1 Å². The van der Waals surface area contributed by atoms with E-state index in [1.807, 2.05) is 19.1 Å². The quantitative estimate of drug-likeness (QED) is 0.644. The van der Waals surface area contributed by atoms with Crippen molar-refractivity contribution in [2.75, 3.05) is 6.54 Å². The monoisotopic (exact) mass is 210 g/mol. The van der Waals surface area contributed by atoms with Crippen molar-refractivity contribution in [3.63, 3.8) is 0 Å². The van der Waals surface area contributed by atoms with Crippen LogP contribution in [-0.2, 0) is 4.79 Å². The van der Waals surface area contributed by atoms with Crippen LogP contribution in [0.2, 0.25) is 0 Å². The maximum Gasteiger partial charge on any atom is 0.317 e. The topological polar surface area (TPSA) is 106 Å². The highest BCUT2D eigenvalue weighted by atomic mass is 16.4. The van der Waals surface area contributed by atoms with Crippen LogP contribution in [0.1, 0.15) is 15.9 Å². The number of aliphatic carboxylic acids is 1. The number of carboxylic acid groups (broad SMARTS) is 1. The molecule has 0 atom stereocenters. The Bertz CT molecular complexity index is 350. The Kier molecular flexibility index (Phi) is 5.73. The Morgan fingerprint density at radius 2 is 1.93 bits per heavy atom. The highest BCUT2D eigenvalue weighted by Gasteiger charge is 1.96. The Labute approximate surface area is 87.7 Å². The van der Waals surface area contributed by atoms with E-state index in [4.69, 9.17) is 10.8 Å². The molecule has 0 aliphatic carbocycles. The van der Waals surface area contributed by atoms with Crippen molar-refractivity contribution in [1.82, 2.24) is 0 Å². The fraction of sp³-hybridized carbons (Fsp3) is 0.200.